The largest absolute Gasteiger partial charge is 0.264 e. The number of fused-ring (bicyclic) bond motifs is 1. The molecular weight excluding hydrogens is 304 g/mol. The van der Waals surface area contributed by atoms with Gasteiger partial charge in [0.1, 0.15) is 11.6 Å². The number of aromatic nitrogens is 1. The van der Waals surface area contributed by atoms with Crippen LogP contribution in [-0.4, -0.2) is 4.98 Å². The number of halogens is 2. The fourth-order valence-corrected chi connectivity index (χ4v) is 3.33. The predicted octanol–water partition coefficient (Wildman–Crippen LogP) is 5.58. The third kappa shape index (κ3) is 2.52. The molecule has 0 aliphatic heterocycles. The van der Waals surface area contributed by atoms with Crippen LogP contribution >= 0.6 is 0 Å². The second-order valence-corrected chi connectivity index (χ2v) is 5.92. The van der Waals surface area contributed by atoms with Crippen molar-refractivity contribution >= 4 is 6.08 Å². The third-order valence-corrected chi connectivity index (χ3v) is 4.46. The Hall–Kier alpha value is -2.81. The molecule has 1 aliphatic carbocycles. The number of nitrogens with zero attached hydrogens (tertiary/aromatic N) is 1. The molecule has 0 saturated carbocycles. The average molecular weight is 319 g/mol. The van der Waals surface area contributed by atoms with E-state index in [2.05, 4.69) is 17.1 Å². The summed E-state index contributed by atoms with van der Waals surface area (Å²) in [4.78, 5) is 3.94. The first-order chi connectivity index (χ1) is 11.7. The van der Waals surface area contributed by atoms with E-state index in [-0.39, 0.29) is 11.5 Å². The molecule has 0 spiro atoms. The Balaban J connectivity index is 1.80. The molecule has 1 unspecified atom stereocenters. The van der Waals surface area contributed by atoms with Gasteiger partial charge in [0.15, 0.2) is 0 Å². The number of hydrogen-bond donors (Lipinski definition) is 0. The van der Waals surface area contributed by atoms with Crippen molar-refractivity contribution in [2.75, 3.05) is 0 Å². The van der Waals surface area contributed by atoms with Gasteiger partial charge in [-0.05, 0) is 41.3 Å². The Labute approximate surface area is 139 Å². The summed E-state index contributed by atoms with van der Waals surface area (Å²) in [6.07, 6.45) is 7.90. The van der Waals surface area contributed by atoms with E-state index in [0.29, 0.717) is 11.1 Å². The zero-order chi connectivity index (χ0) is 16.5. The molecule has 3 heteroatoms. The fraction of sp³-hybridized carbons (Fsp3) is 0.0952. The highest BCUT2D eigenvalue weighted by Crippen LogP contribution is 2.37. The topological polar surface area (TPSA) is 12.9 Å². The summed E-state index contributed by atoms with van der Waals surface area (Å²) in [6, 6.07) is 14.2. The van der Waals surface area contributed by atoms with E-state index in [1.807, 2.05) is 24.3 Å². The highest BCUT2D eigenvalue weighted by Gasteiger charge is 2.22. The van der Waals surface area contributed by atoms with Crippen molar-refractivity contribution in [1.82, 2.24) is 4.98 Å². The van der Waals surface area contributed by atoms with Crippen LogP contribution in [0.4, 0.5) is 8.78 Å². The van der Waals surface area contributed by atoms with Gasteiger partial charge in [0, 0.05) is 23.9 Å². The molecule has 3 aromatic rings. The molecule has 1 heterocycles. The number of pyridine rings is 1. The second kappa shape index (κ2) is 6.00. The summed E-state index contributed by atoms with van der Waals surface area (Å²) in [5.74, 6) is -1.13. The van der Waals surface area contributed by atoms with Crippen LogP contribution in [0.25, 0.3) is 17.2 Å². The van der Waals surface area contributed by atoms with Crippen LogP contribution in [0.3, 0.4) is 0 Å². The van der Waals surface area contributed by atoms with E-state index in [4.69, 9.17) is 0 Å². The molecule has 118 valence electrons. The molecular formula is C21H15F2N. The lowest BCUT2D eigenvalue weighted by Gasteiger charge is -2.23. The molecule has 24 heavy (non-hydrogen) atoms. The van der Waals surface area contributed by atoms with Gasteiger partial charge in [0.05, 0.1) is 5.56 Å². The Morgan fingerprint density at radius 2 is 1.75 bits per heavy atom. The minimum atomic E-state index is -0.551. The van der Waals surface area contributed by atoms with Crippen LogP contribution < -0.4 is 0 Å². The molecule has 0 fully saturated rings. The molecule has 0 bridgehead atoms. The maximum Gasteiger partial charge on any atom is 0.134 e. The van der Waals surface area contributed by atoms with Crippen molar-refractivity contribution in [3.63, 3.8) is 0 Å². The van der Waals surface area contributed by atoms with Crippen LogP contribution in [-0.2, 0) is 0 Å². The Bertz CT molecular complexity index is 893. The molecule has 0 amide bonds. The van der Waals surface area contributed by atoms with Crippen LogP contribution in [0.2, 0.25) is 0 Å². The first-order valence-corrected chi connectivity index (χ1v) is 7.89. The first-order valence-electron chi connectivity index (χ1n) is 7.89. The van der Waals surface area contributed by atoms with Gasteiger partial charge >= 0.3 is 0 Å². The fourth-order valence-electron chi connectivity index (χ4n) is 3.33. The molecule has 1 aromatic heterocycles. The van der Waals surface area contributed by atoms with Crippen molar-refractivity contribution in [2.45, 2.75) is 12.3 Å². The van der Waals surface area contributed by atoms with E-state index in [1.54, 1.807) is 18.3 Å². The van der Waals surface area contributed by atoms with Gasteiger partial charge in [-0.15, -0.1) is 0 Å². The van der Waals surface area contributed by atoms with E-state index >= 15 is 0 Å². The summed E-state index contributed by atoms with van der Waals surface area (Å²) in [5.41, 5.74) is 3.29. The smallest absolute Gasteiger partial charge is 0.134 e. The number of hydrogen-bond acceptors (Lipinski definition) is 1. The lowest BCUT2D eigenvalue weighted by Crippen LogP contribution is -2.07. The lowest BCUT2D eigenvalue weighted by molar-refractivity contribution is 0.583. The van der Waals surface area contributed by atoms with Crippen LogP contribution in [0.15, 0.2) is 67.0 Å². The van der Waals surface area contributed by atoms with Crippen molar-refractivity contribution in [1.29, 1.82) is 0 Å². The zero-order valence-electron chi connectivity index (χ0n) is 12.9. The van der Waals surface area contributed by atoms with Gasteiger partial charge in [-0.25, -0.2) is 8.78 Å². The summed E-state index contributed by atoms with van der Waals surface area (Å²) in [5, 5.41) is 0. The van der Waals surface area contributed by atoms with Crippen molar-refractivity contribution in [3.05, 3.63) is 95.3 Å². The molecule has 1 aliphatic rings. The molecule has 2 aromatic carbocycles. The van der Waals surface area contributed by atoms with Gasteiger partial charge in [-0.1, -0.05) is 42.5 Å². The third-order valence-electron chi connectivity index (χ3n) is 4.46. The average Bonchev–Trinajstić information content (AvgIpc) is 2.61. The summed E-state index contributed by atoms with van der Waals surface area (Å²) >= 11 is 0. The molecule has 4 rings (SSSR count). The minimum absolute atomic E-state index is 0.0218. The number of benzene rings is 2. The molecule has 0 saturated heterocycles. The molecule has 0 N–H and O–H groups in total. The Morgan fingerprint density at radius 3 is 2.50 bits per heavy atom. The second-order valence-electron chi connectivity index (χ2n) is 5.92. The standard InChI is InChI=1S/C21H15F2N/c22-19-11-16(12-20(23)21(19)15-7-4-10-24-13-15)18-9-3-6-14-5-1-2-8-17(14)18/h1-8,10-13,18H,9H2. The van der Waals surface area contributed by atoms with Gasteiger partial charge in [0.25, 0.3) is 0 Å². The van der Waals surface area contributed by atoms with Gasteiger partial charge < -0.3 is 0 Å². The van der Waals surface area contributed by atoms with Crippen molar-refractivity contribution < 1.29 is 8.78 Å². The quantitative estimate of drug-likeness (QED) is 0.601. The number of rotatable bonds is 2. The van der Waals surface area contributed by atoms with E-state index in [1.165, 1.54) is 18.3 Å². The van der Waals surface area contributed by atoms with Gasteiger partial charge in [-0.2, -0.15) is 0 Å². The maximum absolute atomic E-state index is 14.6. The van der Waals surface area contributed by atoms with Crippen molar-refractivity contribution in [3.8, 4) is 11.1 Å². The van der Waals surface area contributed by atoms with E-state index < -0.39 is 11.6 Å². The minimum Gasteiger partial charge on any atom is -0.264 e. The summed E-state index contributed by atoms with van der Waals surface area (Å²) in [6.45, 7) is 0. The predicted molar refractivity (Wildman–Crippen MR) is 91.5 cm³/mol. The lowest BCUT2D eigenvalue weighted by atomic mass is 9.82. The van der Waals surface area contributed by atoms with Crippen molar-refractivity contribution in [2.24, 2.45) is 0 Å². The molecule has 1 nitrogen and oxygen atoms in total. The monoisotopic (exact) mass is 319 g/mol. The highest BCUT2D eigenvalue weighted by atomic mass is 19.1. The molecule has 0 radical (unpaired) electrons. The van der Waals surface area contributed by atoms with E-state index in [0.717, 1.165) is 17.5 Å². The maximum atomic E-state index is 14.6. The van der Waals surface area contributed by atoms with Gasteiger partial charge in [-0.3, -0.25) is 4.98 Å². The Kier molecular flexibility index (Phi) is 3.69. The normalized spacial score (nSPS) is 16.0. The molecule has 1 atom stereocenters. The van der Waals surface area contributed by atoms with Crippen LogP contribution in [0.1, 0.15) is 29.0 Å². The highest BCUT2D eigenvalue weighted by molar-refractivity contribution is 5.65. The summed E-state index contributed by atoms with van der Waals surface area (Å²) in [7, 11) is 0. The number of allylic oxidation sites excluding steroid dienone is 1. The van der Waals surface area contributed by atoms with Crippen LogP contribution in [0, 0.1) is 11.6 Å². The van der Waals surface area contributed by atoms with E-state index in [9.17, 15) is 8.78 Å². The Morgan fingerprint density at radius 1 is 0.958 bits per heavy atom. The summed E-state index contributed by atoms with van der Waals surface area (Å²) < 4.78 is 29.3. The van der Waals surface area contributed by atoms with Gasteiger partial charge in [0.2, 0.25) is 0 Å². The SMILES string of the molecule is Fc1cc(C2CC=Cc3ccccc32)cc(F)c1-c1cccnc1. The van der Waals surface area contributed by atoms with Crippen LogP contribution in [0.5, 0.6) is 0 Å². The first kappa shape index (κ1) is 14.8. The zero-order valence-corrected chi connectivity index (χ0v) is 12.9.